The van der Waals surface area contributed by atoms with Gasteiger partial charge in [0.15, 0.2) is 0 Å². The average Bonchev–Trinajstić information content (AvgIpc) is 2.25. The first-order valence-electron chi connectivity index (χ1n) is 5.98. The quantitative estimate of drug-likeness (QED) is 0.735. The number of ether oxygens (including phenoxy) is 1. The molecule has 0 unspecified atom stereocenters. The van der Waals surface area contributed by atoms with Gasteiger partial charge >= 0.3 is 0 Å². The van der Waals surface area contributed by atoms with E-state index in [-0.39, 0.29) is 24.8 Å². The molecule has 0 spiro atoms. The molecule has 1 saturated heterocycles. The number of nitrogens with two attached hydrogens (primary N) is 1. The molecular weight excluding hydrogens is 261 g/mol. The van der Waals surface area contributed by atoms with E-state index in [1.807, 2.05) is 0 Å². The fraction of sp³-hybridized carbons (Fsp3) is 1.00. The molecule has 1 fully saturated rings. The lowest BCUT2D eigenvalue weighted by Crippen LogP contribution is -2.49. The van der Waals surface area contributed by atoms with E-state index in [0.717, 1.165) is 13.2 Å². The summed E-state index contributed by atoms with van der Waals surface area (Å²) in [5.74, 6) is 0. The molecule has 2 N–H and O–H groups in total. The molecule has 1 aliphatic heterocycles. The van der Waals surface area contributed by atoms with Crippen LogP contribution in [-0.2, 0) is 4.74 Å². The number of piperazine rings is 1. The van der Waals surface area contributed by atoms with Crippen LogP contribution in [0.4, 0.5) is 0 Å². The lowest BCUT2D eigenvalue weighted by Gasteiger charge is -2.36. The highest BCUT2D eigenvalue weighted by Crippen LogP contribution is 2.05. The second kappa shape index (κ2) is 11.5. The largest absolute Gasteiger partial charge is 0.379 e. The van der Waals surface area contributed by atoms with Gasteiger partial charge in [0, 0.05) is 45.3 Å². The van der Waals surface area contributed by atoms with Gasteiger partial charge in [0.05, 0.1) is 13.2 Å². The molecule has 1 heterocycles. The summed E-state index contributed by atoms with van der Waals surface area (Å²) in [5.41, 5.74) is 5.35. The minimum atomic E-state index is 0. The van der Waals surface area contributed by atoms with Gasteiger partial charge in [0.2, 0.25) is 0 Å². The molecule has 0 radical (unpaired) electrons. The Bertz CT molecular complexity index is 165. The van der Waals surface area contributed by atoms with Gasteiger partial charge in [-0.25, -0.2) is 0 Å². The van der Waals surface area contributed by atoms with Crippen LogP contribution >= 0.6 is 24.8 Å². The topological polar surface area (TPSA) is 41.7 Å². The van der Waals surface area contributed by atoms with E-state index in [0.29, 0.717) is 19.2 Å². The Kier molecular flexibility index (Phi) is 13.4. The van der Waals surface area contributed by atoms with Crippen LogP contribution in [0.5, 0.6) is 0 Å². The van der Waals surface area contributed by atoms with Crippen LogP contribution in [0.2, 0.25) is 0 Å². The van der Waals surface area contributed by atoms with Crippen molar-refractivity contribution in [3.63, 3.8) is 0 Å². The van der Waals surface area contributed by atoms with E-state index in [1.54, 1.807) is 0 Å². The predicted octanol–water partition coefficient (Wildman–Crippen LogP) is 0.831. The highest BCUT2D eigenvalue weighted by atomic mass is 35.5. The molecule has 0 amide bonds. The van der Waals surface area contributed by atoms with Crippen LogP contribution in [0, 0.1) is 0 Å². The Hall–Kier alpha value is 0.420. The summed E-state index contributed by atoms with van der Waals surface area (Å²) in [6.07, 6.45) is 0. The van der Waals surface area contributed by atoms with Crippen LogP contribution in [0.1, 0.15) is 13.8 Å². The third-order valence-corrected chi connectivity index (χ3v) is 2.95. The Labute approximate surface area is 118 Å². The fourth-order valence-corrected chi connectivity index (χ4v) is 1.88. The van der Waals surface area contributed by atoms with Crippen molar-refractivity contribution in [1.82, 2.24) is 9.80 Å². The molecule has 0 aromatic heterocycles. The number of rotatable bonds is 6. The van der Waals surface area contributed by atoms with Crippen molar-refractivity contribution >= 4 is 24.8 Å². The minimum absolute atomic E-state index is 0. The molecule has 1 aliphatic rings. The summed E-state index contributed by atoms with van der Waals surface area (Å²) in [4.78, 5) is 4.99. The molecule has 0 aromatic rings. The highest BCUT2D eigenvalue weighted by molar-refractivity contribution is 5.85. The van der Waals surface area contributed by atoms with Gasteiger partial charge in [-0.3, -0.25) is 9.80 Å². The fourth-order valence-electron chi connectivity index (χ4n) is 1.88. The van der Waals surface area contributed by atoms with E-state index in [1.165, 1.54) is 26.2 Å². The third-order valence-electron chi connectivity index (χ3n) is 2.95. The first kappa shape index (κ1) is 19.8. The number of nitrogens with zero attached hydrogens (tertiary/aromatic N) is 2. The van der Waals surface area contributed by atoms with E-state index in [9.17, 15) is 0 Å². The van der Waals surface area contributed by atoms with Crippen LogP contribution in [0.15, 0.2) is 0 Å². The van der Waals surface area contributed by atoms with Crippen molar-refractivity contribution in [3.05, 3.63) is 0 Å². The summed E-state index contributed by atoms with van der Waals surface area (Å²) in [5, 5.41) is 0. The zero-order valence-corrected chi connectivity index (χ0v) is 12.6. The first-order valence-corrected chi connectivity index (χ1v) is 5.98. The molecule has 0 bridgehead atoms. The molecule has 1 rings (SSSR count). The van der Waals surface area contributed by atoms with Crippen molar-refractivity contribution in [3.8, 4) is 0 Å². The van der Waals surface area contributed by atoms with Crippen molar-refractivity contribution in [2.45, 2.75) is 19.9 Å². The van der Waals surface area contributed by atoms with Gasteiger partial charge in [0.1, 0.15) is 0 Å². The molecule has 4 nitrogen and oxygen atoms in total. The van der Waals surface area contributed by atoms with E-state index in [2.05, 4.69) is 23.6 Å². The maximum Gasteiger partial charge on any atom is 0.0594 e. The van der Waals surface area contributed by atoms with Crippen molar-refractivity contribution in [2.24, 2.45) is 5.73 Å². The van der Waals surface area contributed by atoms with E-state index >= 15 is 0 Å². The zero-order valence-electron chi connectivity index (χ0n) is 10.9. The molecule has 0 aliphatic carbocycles. The standard InChI is InChI=1S/C11H25N3O.2ClH/c1-11(2)14-6-4-13(5-7-14)8-10-15-9-3-12;;/h11H,3-10,12H2,1-2H3;2*1H. The molecular formula is C11H27Cl2N3O. The summed E-state index contributed by atoms with van der Waals surface area (Å²) in [6, 6.07) is 0.681. The van der Waals surface area contributed by atoms with E-state index < -0.39 is 0 Å². The van der Waals surface area contributed by atoms with Gasteiger partial charge in [-0.1, -0.05) is 0 Å². The Morgan fingerprint density at radius 3 is 2.12 bits per heavy atom. The summed E-state index contributed by atoms with van der Waals surface area (Å²) in [7, 11) is 0. The lowest BCUT2D eigenvalue weighted by molar-refractivity contribution is 0.0690. The summed E-state index contributed by atoms with van der Waals surface area (Å²) in [6.45, 7) is 12.4. The molecule has 0 aromatic carbocycles. The Morgan fingerprint density at radius 1 is 1.06 bits per heavy atom. The monoisotopic (exact) mass is 287 g/mol. The minimum Gasteiger partial charge on any atom is -0.379 e. The SMILES string of the molecule is CC(C)N1CCN(CCOCCN)CC1.Cl.Cl. The summed E-state index contributed by atoms with van der Waals surface area (Å²) < 4.78 is 5.38. The van der Waals surface area contributed by atoms with Gasteiger partial charge < -0.3 is 10.5 Å². The normalized spacial score (nSPS) is 17.6. The lowest BCUT2D eigenvalue weighted by atomic mass is 10.2. The molecule has 17 heavy (non-hydrogen) atoms. The highest BCUT2D eigenvalue weighted by Gasteiger charge is 2.17. The van der Waals surface area contributed by atoms with Crippen LogP contribution < -0.4 is 5.73 Å². The first-order chi connectivity index (χ1) is 7.24. The van der Waals surface area contributed by atoms with E-state index in [4.69, 9.17) is 10.5 Å². The second-order valence-electron chi connectivity index (χ2n) is 4.37. The maximum atomic E-state index is 5.38. The Morgan fingerprint density at radius 2 is 1.65 bits per heavy atom. The van der Waals surface area contributed by atoms with Crippen molar-refractivity contribution < 1.29 is 4.74 Å². The number of halogens is 2. The molecule has 0 atom stereocenters. The third kappa shape index (κ3) is 8.19. The molecule has 0 saturated carbocycles. The number of hydrogen-bond acceptors (Lipinski definition) is 4. The van der Waals surface area contributed by atoms with Crippen LogP contribution in [0.3, 0.4) is 0 Å². The van der Waals surface area contributed by atoms with Crippen LogP contribution in [-0.4, -0.2) is 68.3 Å². The molecule has 106 valence electrons. The van der Waals surface area contributed by atoms with Crippen LogP contribution in [0.25, 0.3) is 0 Å². The van der Waals surface area contributed by atoms with Crippen molar-refractivity contribution in [2.75, 3.05) is 52.5 Å². The average molecular weight is 288 g/mol. The van der Waals surface area contributed by atoms with Gasteiger partial charge in [0.25, 0.3) is 0 Å². The second-order valence-corrected chi connectivity index (χ2v) is 4.37. The predicted molar refractivity (Wildman–Crippen MR) is 77.5 cm³/mol. The Balaban J connectivity index is 0. The molecule has 6 heteroatoms. The van der Waals surface area contributed by atoms with Gasteiger partial charge in [-0.05, 0) is 13.8 Å². The van der Waals surface area contributed by atoms with Gasteiger partial charge in [-0.2, -0.15) is 0 Å². The van der Waals surface area contributed by atoms with Gasteiger partial charge in [-0.15, -0.1) is 24.8 Å². The number of hydrogen-bond donors (Lipinski definition) is 1. The summed E-state index contributed by atoms with van der Waals surface area (Å²) >= 11 is 0. The maximum absolute atomic E-state index is 5.38. The zero-order chi connectivity index (χ0) is 11.1. The smallest absolute Gasteiger partial charge is 0.0594 e. The van der Waals surface area contributed by atoms with Crippen molar-refractivity contribution in [1.29, 1.82) is 0 Å².